The van der Waals surface area contributed by atoms with Crippen LogP contribution in [0.2, 0.25) is 0 Å². The SMILES string of the molecule is CC(C)=CCC[C@@](C)(O)[C@H]1CC[C@]2(C)[C@@H]1[C@H](O)C[C@@H]1[C@@]3(C)C=C[C@H](O)C(C)(C)[C@@H]3[C@@H](O)C[C@]12C. The maximum Gasteiger partial charge on any atom is 0.0775 e. The van der Waals surface area contributed by atoms with Crippen molar-refractivity contribution in [3.8, 4) is 0 Å². The highest BCUT2D eigenvalue weighted by Gasteiger charge is 2.72. The molecule has 0 aromatic carbocycles. The number of aliphatic hydroxyl groups is 4. The minimum absolute atomic E-state index is 0.0222. The Morgan fingerprint density at radius 1 is 1.03 bits per heavy atom. The van der Waals surface area contributed by atoms with E-state index in [4.69, 9.17) is 0 Å². The number of fused-ring (bicyclic) bond motifs is 5. The molecule has 34 heavy (non-hydrogen) atoms. The van der Waals surface area contributed by atoms with Gasteiger partial charge in [-0.1, -0.05) is 58.4 Å². The zero-order valence-electron chi connectivity index (χ0n) is 22.8. The molecule has 0 saturated heterocycles. The molecule has 3 saturated carbocycles. The Morgan fingerprint density at radius 2 is 1.68 bits per heavy atom. The van der Waals surface area contributed by atoms with Gasteiger partial charge >= 0.3 is 0 Å². The standard InChI is InChI=1S/C30H50O4/c1-18(2)10-9-13-30(8,34)19-11-15-28(6)24(19)20(31)16-22-27(5)14-12-23(33)26(3,4)25(27)21(32)17-29(22,28)7/h10,12,14,19-25,31-34H,9,11,13,15-17H2,1-8H3/t19-,20+,21-,22+,23-,24-,25-,27+,28+,29+,30+/m0/s1. The summed E-state index contributed by atoms with van der Waals surface area (Å²) < 4.78 is 0. The van der Waals surface area contributed by atoms with Crippen molar-refractivity contribution in [1.29, 1.82) is 0 Å². The average molecular weight is 475 g/mol. The van der Waals surface area contributed by atoms with E-state index >= 15 is 0 Å². The lowest BCUT2D eigenvalue weighted by molar-refractivity contribution is -0.249. The highest BCUT2D eigenvalue weighted by molar-refractivity contribution is 5.27. The molecule has 4 heteroatoms. The van der Waals surface area contributed by atoms with Gasteiger partial charge in [0.05, 0.1) is 23.9 Å². The van der Waals surface area contributed by atoms with Crippen molar-refractivity contribution < 1.29 is 20.4 Å². The Hall–Kier alpha value is -0.680. The van der Waals surface area contributed by atoms with Crippen LogP contribution in [0.25, 0.3) is 0 Å². The van der Waals surface area contributed by atoms with E-state index in [0.717, 1.165) is 19.3 Å². The van der Waals surface area contributed by atoms with E-state index in [1.54, 1.807) is 0 Å². The monoisotopic (exact) mass is 474 g/mol. The minimum atomic E-state index is -0.824. The molecule has 0 spiro atoms. The molecule has 4 aliphatic rings. The maximum atomic E-state index is 11.7. The molecule has 4 nitrogen and oxygen atoms in total. The number of hydrogen-bond donors (Lipinski definition) is 4. The van der Waals surface area contributed by atoms with Crippen LogP contribution in [0.15, 0.2) is 23.8 Å². The first kappa shape index (κ1) is 26.4. The van der Waals surface area contributed by atoms with Crippen molar-refractivity contribution in [2.24, 2.45) is 45.3 Å². The van der Waals surface area contributed by atoms with Gasteiger partial charge in [0, 0.05) is 11.3 Å². The van der Waals surface area contributed by atoms with E-state index in [1.807, 2.05) is 13.0 Å². The first-order valence-corrected chi connectivity index (χ1v) is 13.6. The lowest BCUT2D eigenvalue weighted by atomic mass is 9.35. The van der Waals surface area contributed by atoms with Crippen LogP contribution in [0.4, 0.5) is 0 Å². The molecule has 0 unspecified atom stereocenters. The van der Waals surface area contributed by atoms with Crippen molar-refractivity contribution in [3.05, 3.63) is 23.8 Å². The van der Waals surface area contributed by atoms with Gasteiger partial charge in [-0.15, -0.1) is 0 Å². The minimum Gasteiger partial charge on any atom is -0.393 e. The average Bonchev–Trinajstić information content (AvgIpc) is 3.07. The van der Waals surface area contributed by atoms with Gasteiger partial charge in [0.15, 0.2) is 0 Å². The van der Waals surface area contributed by atoms with E-state index in [0.29, 0.717) is 19.3 Å². The van der Waals surface area contributed by atoms with Crippen molar-refractivity contribution in [3.63, 3.8) is 0 Å². The lowest BCUT2D eigenvalue weighted by Crippen LogP contribution is -2.68. The van der Waals surface area contributed by atoms with Crippen LogP contribution in [0.1, 0.15) is 93.9 Å². The molecular formula is C30H50O4. The third-order valence-corrected chi connectivity index (χ3v) is 11.8. The van der Waals surface area contributed by atoms with Gasteiger partial charge in [0.1, 0.15) is 0 Å². The molecule has 194 valence electrons. The highest BCUT2D eigenvalue weighted by atomic mass is 16.3. The number of hydrogen-bond acceptors (Lipinski definition) is 4. The first-order chi connectivity index (χ1) is 15.5. The summed E-state index contributed by atoms with van der Waals surface area (Å²) in [6.45, 7) is 17.3. The summed E-state index contributed by atoms with van der Waals surface area (Å²) >= 11 is 0. The molecule has 4 aliphatic carbocycles. The van der Waals surface area contributed by atoms with Crippen LogP contribution >= 0.6 is 0 Å². The van der Waals surface area contributed by atoms with Gasteiger partial charge in [-0.2, -0.15) is 0 Å². The summed E-state index contributed by atoms with van der Waals surface area (Å²) in [6, 6.07) is 0. The Morgan fingerprint density at radius 3 is 2.29 bits per heavy atom. The summed E-state index contributed by atoms with van der Waals surface area (Å²) in [4.78, 5) is 0. The van der Waals surface area contributed by atoms with Crippen molar-refractivity contribution in [2.75, 3.05) is 0 Å². The summed E-state index contributed by atoms with van der Waals surface area (Å²) in [7, 11) is 0. The third kappa shape index (κ3) is 3.53. The second-order valence-corrected chi connectivity index (χ2v) is 14.3. The fraction of sp³-hybridized carbons (Fsp3) is 0.867. The zero-order chi connectivity index (χ0) is 25.5. The van der Waals surface area contributed by atoms with Crippen LogP contribution in [-0.4, -0.2) is 44.3 Å². The van der Waals surface area contributed by atoms with Crippen LogP contribution < -0.4 is 0 Å². The topological polar surface area (TPSA) is 80.9 Å². The van der Waals surface area contributed by atoms with Crippen LogP contribution in [0.5, 0.6) is 0 Å². The van der Waals surface area contributed by atoms with Gasteiger partial charge in [0.25, 0.3) is 0 Å². The number of allylic oxidation sites excluding steroid dienone is 3. The third-order valence-electron chi connectivity index (χ3n) is 11.8. The normalized spacial score (nSPS) is 51.1. The summed E-state index contributed by atoms with van der Waals surface area (Å²) in [5, 5.41) is 45.8. The smallest absolute Gasteiger partial charge is 0.0775 e. The molecule has 0 bridgehead atoms. The molecule has 0 radical (unpaired) electrons. The van der Waals surface area contributed by atoms with Crippen molar-refractivity contribution in [1.82, 2.24) is 0 Å². The molecule has 3 fully saturated rings. The Kier molecular flexibility index (Phi) is 6.33. The predicted octanol–water partition coefficient (Wildman–Crippen LogP) is 5.25. The molecule has 4 rings (SSSR count). The van der Waals surface area contributed by atoms with Gasteiger partial charge in [-0.05, 0) is 93.3 Å². The molecule has 11 atom stereocenters. The Balaban J connectivity index is 1.72. The van der Waals surface area contributed by atoms with Crippen LogP contribution in [-0.2, 0) is 0 Å². The molecular weight excluding hydrogens is 424 g/mol. The predicted molar refractivity (Wildman–Crippen MR) is 137 cm³/mol. The van der Waals surface area contributed by atoms with E-state index in [1.165, 1.54) is 5.57 Å². The van der Waals surface area contributed by atoms with Gasteiger partial charge in [-0.3, -0.25) is 0 Å². The quantitative estimate of drug-likeness (QED) is 0.420. The first-order valence-electron chi connectivity index (χ1n) is 13.6. The highest BCUT2D eigenvalue weighted by Crippen LogP contribution is 2.75. The maximum absolute atomic E-state index is 11.7. The van der Waals surface area contributed by atoms with Gasteiger partial charge < -0.3 is 20.4 Å². The molecule has 0 heterocycles. The summed E-state index contributed by atoms with van der Waals surface area (Å²) in [6.07, 6.45) is 9.56. The second-order valence-electron chi connectivity index (χ2n) is 14.3. The van der Waals surface area contributed by atoms with Crippen molar-refractivity contribution >= 4 is 0 Å². The molecule has 0 aromatic heterocycles. The van der Waals surface area contributed by atoms with E-state index in [2.05, 4.69) is 60.6 Å². The van der Waals surface area contributed by atoms with E-state index in [-0.39, 0.29) is 39.9 Å². The Labute approximate surface area is 207 Å². The Bertz CT molecular complexity index is 854. The molecule has 4 N–H and O–H groups in total. The van der Waals surface area contributed by atoms with Gasteiger partial charge in [0.2, 0.25) is 0 Å². The largest absolute Gasteiger partial charge is 0.393 e. The summed E-state index contributed by atoms with van der Waals surface area (Å²) in [5.41, 5.74) is -0.602. The van der Waals surface area contributed by atoms with Crippen LogP contribution in [0, 0.1) is 45.3 Å². The lowest BCUT2D eigenvalue weighted by Gasteiger charge is -2.70. The molecule has 0 amide bonds. The zero-order valence-corrected chi connectivity index (χ0v) is 22.8. The van der Waals surface area contributed by atoms with E-state index in [9.17, 15) is 20.4 Å². The molecule has 0 aromatic rings. The second kappa shape index (κ2) is 8.16. The summed E-state index contributed by atoms with van der Waals surface area (Å²) in [5.74, 6) is 0.226. The number of aliphatic hydroxyl groups excluding tert-OH is 3. The number of rotatable bonds is 4. The fourth-order valence-corrected chi connectivity index (χ4v) is 9.93. The van der Waals surface area contributed by atoms with Gasteiger partial charge in [-0.25, -0.2) is 0 Å². The van der Waals surface area contributed by atoms with E-state index < -0.39 is 29.3 Å². The van der Waals surface area contributed by atoms with Crippen LogP contribution in [0.3, 0.4) is 0 Å². The fourth-order valence-electron chi connectivity index (χ4n) is 9.93. The molecule has 0 aliphatic heterocycles. The van der Waals surface area contributed by atoms with Crippen molar-refractivity contribution in [2.45, 2.75) is 118 Å².